The summed E-state index contributed by atoms with van der Waals surface area (Å²) in [7, 11) is 0. The van der Waals surface area contributed by atoms with Crippen molar-refractivity contribution in [3.63, 3.8) is 0 Å². The second kappa shape index (κ2) is 3.27. The molecule has 1 atom stereocenters. The lowest BCUT2D eigenvalue weighted by Crippen LogP contribution is -2.57. The summed E-state index contributed by atoms with van der Waals surface area (Å²) in [5.74, 6) is 0.979. The van der Waals surface area contributed by atoms with Crippen LogP contribution < -0.4 is 5.32 Å². The number of nitrogens with one attached hydrogen (secondary N) is 1. The third kappa shape index (κ3) is 1.39. The Bertz CT molecular complexity index is 286. The highest BCUT2D eigenvalue weighted by Crippen LogP contribution is 2.47. The van der Waals surface area contributed by atoms with Crippen LogP contribution in [0.3, 0.4) is 0 Å². The summed E-state index contributed by atoms with van der Waals surface area (Å²) in [4.78, 5) is 11.1. The lowest BCUT2D eigenvalue weighted by atomic mass is 9.61. The summed E-state index contributed by atoms with van der Waals surface area (Å²) in [5, 5.41) is 12.1. The molecule has 3 fully saturated rings. The van der Waals surface area contributed by atoms with E-state index >= 15 is 0 Å². The molecule has 0 aromatic carbocycles. The summed E-state index contributed by atoms with van der Waals surface area (Å²) in [5.41, 5.74) is -0.535. The minimum absolute atomic E-state index is 0.0703. The van der Waals surface area contributed by atoms with Crippen LogP contribution in [0.25, 0.3) is 0 Å². The van der Waals surface area contributed by atoms with Gasteiger partial charge in [0.1, 0.15) is 5.54 Å². The molecule has 3 rings (SSSR count). The average Bonchev–Trinajstić information content (AvgIpc) is 2.18. The van der Waals surface area contributed by atoms with Crippen molar-refractivity contribution in [3.05, 3.63) is 0 Å². The Kier molecular flexibility index (Phi) is 2.22. The molecule has 3 aliphatic rings. The van der Waals surface area contributed by atoms with Crippen LogP contribution in [-0.2, 0) is 4.79 Å². The number of nitriles is 1. The van der Waals surface area contributed by atoms with Gasteiger partial charge in [-0.3, -0.25) is 4.79 Å². The quantitative estimate of drug-likeness (QED) is 0.686. The van der Waals surface area contributed by atoms with E-state index < -0.39 is 5.54 Å². The number of fused-ring (bicyclic) bond motifs is 3. The first kappa shape index (κ1) is 9.51. The third-order valence-electron chi connectivity index (χ3n) is 3.75. The van der Waals surface area contributed by atoms with Gasteiger partial charge in [-0.1, -0.05) is 0 Å². The largest absolute Gasteiger partial charge is 0.338 e. The topological polar surface area (TPSA) is 52.9 Å². The van der Waals surface area contributed by atoms with E-state index in [-0.39, 0.29) is 5.91 Å². The second-order valence-corrected chi connectivity index (χ2v) is 4.69. The minimum atomic E-state index is -0.535. The predicted molar refractivity (Wildman–Crippen MR) is 52.2 cm³/mol. The fourth-order valence-electron chi connectivity index (χ4n) is 3.11. The molecular formula is C11H16N2O. The van der Waals surface area contributed by atoms with Crippen molar-refractivity contribution in [2.45, 2.75) is 44.6 Å². The molecule has 3 heteroatoms. The highest BCUT2D eigenvalue weighted by Gasteiger charge is 2.48. The molecule has 3 aliphatic carbocycles. The number of carbonyl (C=O) groups excluding carboxylic acids is 1. The molecule has 3 saturated carbocycles. The van der Waals surface area contributed by atoms with Gasteiger partial charge in [0.05, 0.1) is 6.07 Å². The number of carbonyl (C=O) groups is 1. The summed E-state index contributed by atoms with van der Waals surface area (Å²) in [6.07, 6.45) is 5.58. The van der Waals surface area contributed by atoms with E-state index in [9.17, 15) is 10.1 Å². The molecule has 0 aliphatic heterocycles. The zero-order valence-corrected chi connectivity index (χ0v) is 8.55. The minimum Gasteiger partial charge on any atom is -0.338 e. The summed E-state index contributed by atoms with van der Waals surface area (Å²) < 4.78 is 0. The highest BCUT2D eigenvalue weighted by molar-refractivity contribution is 5.74. The van der Waals surface area contributed by atoms with Crippen molar-refractivity contribution in [2.24, 2.45) is 11.8 Å². The zero-order valence-electron chi connectivity index (χ0n) is 8.55. The molecule has 0 saturated heterocycles. The van der Waals surface area contributed by atoms with E-state index in [2.05, 4.69) is 11.4 Å². The van der Waals surface area contributed by atoms with Crippen molar-refractivity contribution in [1.29, 1.82) is 5.26 Å². The maximum absolute atomic E-state index is 11.1. The van der Waals surface area contributed by atoms with Gasteiger partial charge in [-0.15, -0.1) is 0 Å². The summed E-state index contributed by atoms with van der Waals surface area (Å²) in [6.45, 7) is 1.50. The lowest BCUT2D eigenvalue weighted by Gasteiger charge is -2.47. The molecule has 1 unspecified atom stereocenters. The molecule has 0 aromatic rings. The second-order valence-electron chi connectivity index (χ2n) is 4.69. The number of hydrogen-bond acceptors (Lipinski definition) is 2. The van der Waals surface area contributed by atoms with Gasteiger partial charge in [0.2, 0.25) is 5.91 Å². The molecule has 0 aromatic heterocycles. The van der Waals surface area contributed by atoms with E-state index in [1.807, 2.05) is 0 Å². The fourth-order valence-corrected chi connectivity index (χ4v) is 3.11. The lowest BCUT2D eigenvalue weighted by molar-refractivity contribution is -0.122. The number of nitrogens with zero attached hydrogens (tertiary/aromatic N) is 1. The van der Waals surface area contributed by atoms with E-state index in [1.54, 1.807) is 0 Å². The van der Waals surface area contributed by atoms with Crippen molar-refractivity contribution in [2.75, 3.05) is 0 Å². The first-order valence-electron chi connectivity index (χ1n) is 5.36. The van der Waals surface area contributed by atoms with Crippen molar-refractivity contribution in [1.82, 2.24) is 5.32 Å². The Hall–Kier alpha value is -1.04. The molecule has 0 heterocycles. The van der Waals surface area contributed by atoms with E-state index in [1.165, 1.54) is 19.8 Å². The Morgan fingerprint density at radius 2 is 2.07 bits per heavy atom. The average molecular weight is 192 g/mol. The molecule has 2 bridgehead atoms. The van der Waals surface area contributed by atoms with Crippen LogP contribution in [0.5, 0.6) is 0 Å². The number of amides is 1. The Morgan fingerprint density at radius 3 is 2.43 bits per heavy atom. The van der Waals surface area contributed by atoms with Gasteiger partial charge >= 0.3 is 0 Å². The van der Waals surface area contributed by atoms with Gasteiger partial charge in [-0.05, 0) is 43.9 Å². The van der Waals surface area contributed by atoms with Gasteiger partial charge < -0.3 is 5.32 Å². The van der Waals surface area contributed by atoms with E-state index in [0.29, 0.717) is 11.8 Å². The van der Waals surface area contributed by atoms with E-state index in [0.717, 1.165) is 19.3 Å². The highest BCUT2D eigenvalue weighted by atomic mass is 16.1. The SMILES string of the molecule is CC(=O)NC1(C#N)CC2CCC1CC2. The molecule has 0 radical (unpaired) electrons. The van der Waals surface area contributed by atoms with Gasteiger partial charge in [0, 0.05) is 6.92 Å². The molecule has 76 valence electrons. The molecule has 1 N–H and O–H groups in total. The molecular weight excluding hydrogens is 176 g/mol. The smallest absolute Gasteiger partial charge is 0.218 e. The summed E-state index contributed by atoms with van der Waals surface area (Å²) >= 11 is 0. The third-order valence-corrected chi connectivity index (χ3v) is 3.75. The Morgan fingerprint density at radius 1 is 1.43 bits per heavy atom. The van der Waals surface area contributed by atoms with Crippen LogP contribution in [0, 0.1) is 23.2 Å². The first-order valence-corrected chi connectivity index (χ1v) is 5.36. The summed E-state index contributed by atoms with van der Waals surface area (Å²) in [6, 6.07) is 2.35. The van der Waals surface area contributed by atoms with Crippen LogP contribution in [0.1, 0.15) is 39.0 Å². The monoisotopic (exact) mass is 192 g/mol. The van der Waals surface area contributed by atoms with Crippen molar-refractivity contribution < 1.29 is 4.79 Å². The van der Waals surface area contributed by atoms with Gasteiger partial charge in [-0.2, -0.15) is 5.26 Å². The van der Waals surface area contributed by atoms with Crippen LogP contribution in [-0.4, -0.2) is 11.4 Å². The van der Waals surface area contributed by atoms with Crippen LogP contribution >= 0.6 is 0 Å². The number of rotatable bonds is 1. The maximum Gasteiger partial charge on any atom is 0.218 e. The normalized spacial score (nSPS) is 40.3. The van der Waals surface area contributed by atoms with Crippen molar-refractivity contribution in [3.8, 4) is 6.07 Å². The standard InChI is InChI=1S/C11H16N2O/c1-8(14)13-11(7-12)6-9-2-4-10(11)5-3-9/h9-10H,2-6H2,1H3,(H,13,14). The molecule has 0 spiro atoms. The van der Waals surface area contributed by atoms with Crippen LogP contribution in [0.4, 0.5) is 0 Å². The van der Waals surface area contributed by atoms with Crippen LogP contribution in [0.15, 0.2) is 0 Å². The molecule has 1 amide bonds. The number of hydrogen-bond donors (Lipinski definition) is 1. The van der Waals surface area contributed by atoms with E-state index in [4.69, 9.17) is 0 Å². The fraction of sp³-hybridized carbons (Fsp3) is 0.818. The zero-order chi connectivity index (χ0) is 10.2. The van der Waals surface area contributed by atoms with Gasteiger partial charge in [0.25, 0.3) is 0 Å². The Balaban J connectivity index is 2.20. The Labute approximate surface area is 84.5 Å². The first-order chi connectivity index (χ1) is 6.66. The van der Waals surface area contributed by atoms with Gasteiger partial charge in [0.15, 0.2) is 0 Å². The molecule has 14 heavy (non-hydrogen) atoms. The van der Waals surface area contributed by atoms with Crippen LogP contribution in [0.2, 0.25) is 0 Å². The predicted octanol–water partition coefficient (Wildman–Crippen LogP) is 1.59. The maximum atomic E-state index is 11.1. The van der Waals surface area contributed by atoms with Crippen molar-refractivity contribution >= 4 is 5.91 Å². The van der Waals surface area contributed by atoms with Gasteiger partial charge in [-0.25, -0.2) is 0 Å². The molecule has 3 nitrogen and oxygen atoms in total.